The van der Waals surface area contributed by atoms with Gasteiger partial charge in [-0.05, 0) is 19.3 Å². The van der Waals surface area contributed by atoms with Gasteiger partial charge in [0.25, 0.3) is 5.91 Å². The molecule has 2 aromatic heterocycles. The highest BCUT2D eigenvalue weighted by Gasteiger charge is 2.26. The summed E-state index contributed by atoms with van der Waals surface area (Å²) in [6.45, 7) is 3.01. The Labute approximate surface area is 128 Å². The number of nitrogens with one attached hydrogen (secondary N) is 1. The molecule has 0 unspecified atom stereocenters. The van der Waals surface area contributed by atoms with Crippen molar-refractivity contribution in [3.05, 3.63) is 23.3 Å². The third-order valence-corrected chi connectivity index (χ3v) is 4.33. The lowest BCUT2D eigenvalue weighted by Crippen LogP contribution is -2.31. The van der Waals surface area contributed by atoms with Crippen LogP contribution in [-0.4, -0.2) is 48.4 Å². The zero-order valence-corrected chi connectivity index (χ0v) is 12.6. The van der Waals surface area contributed by atoms with Crippen LogP contribution in [0.2, 0.25) is 0 Å². The molecule has 2 aliphatic heterocycles. The highest BCUT2D eigenvalue weighted by molar-refractivity contribution is 5.90. The fourth-order valence-corrected chi connectivity index (χ4v) is 3.15. The number of hydrogen-bond acceptors (Lipinski definition) is 5. The number of aromatic nitrogens is 5. The second-order valence-electron chi connectivity index (χ2n) is 5.83. The molecule has 116 valence electrons. The van der Waals surface area contributed by atoms with Gasteiger partial charge in [0.15, 0.2) is 0 Å². The molecule has 1 N–H and O–H groups in total. The molecule has 0 radical (unpaired) electrons. The smallest absolute Gasteiger partial charge is 0.293 e. The number of anilines is 1. The van der Waals surface area contributed by atoms with Crippen LogP contribution >= 0.6 is 0 Å². The van der Waals surface area contributed by atoms with Crippen LogP contribution in [0.1, 0.15) is 34.7 Å². The van der Waals surface area contributed by atoms with E-state index in [1.54, 1.807) is 4.68 Å². The highest BCUT2D eigenvalue weighted by Crippen LogP contribution is 2.20. The number of carbonyl (C=O) groups is 1. The van der Waals surface area contributed by atoms with Gasteiger partial charge in [-0.25, -0.2) is 4.68 Å². The van der Waals surface area contributed by atoms with Gasteiger partial charge in [-0.3, -0.25) is 9.48 Å². The average molecular weight is 301 g/mol. The molecule has 4 rings (SSSR count). The predicted molar refractivity (Wildman–Crippen MR) is 79.4 cm³/mol. The molecule has 8 heteroatoms. The van der Waals surface area contributed by atoms with Gasteiger partial charge < -0.3 is 10.2 Å². The summed E-state index contributed by atoms with van der Waals surface area (Å²) in [5, 5.41) is 11.8. The number of fused-ring (bicyclic) bond motifs is 2. The first-order chi connectivity index (χ1) is 10.7. The second-order valence-corrected chi connectivity index (χ2v) is 5.83. The Hall–Kier alpha value is -2.38. The first kappa shape index (κ1) is 13.3. The fourth-order valence-electron chi connectivity index (χ4n) is 3.15. The van der Waals surface area contributed by atoms with Gasteiger partial charge in [-0.1, -0.05) is 0 Å². The molecule has 4 heterocycles. The molecule has 0 saturated carbocycles. The molecular weight excluding hydrogens is 282 g/mol. The largest absolute Gasteiger partial charge is 0.354 e. The van der Waals surface area contributed by atoms with Crippen LogP contribution in [-0.2, 0) is 26.6 Å². The number of nitrogens with zero attached hydrogens (tertiary/aromatic N) is 6. The van der Waals surface area contributed by atoms with Crippen molar-refractivity contribution >= 4 is 11.9 Å². The molecule has 22 heavy (non-hydrogen) atoms. The van der Waals surface area contributed by atoms with Crippen LogP contribution in [0.25, 0.3) is 0 Å². The quantitative estimate of drug-likeness (QED) is 0.825. The van der Waals surface area contributed by atoms with E-state index in [-0.39, 0.29) is 11.7 Å². The van der Waals surface area contributed by atoms with E-state index < -0.39 is 0 Å². The van der Waals surface area contributed by atoms with Crippen molar-refractivity contribution in [2.24, 2.45) is 7.05 Å². The van der Waals surface area contributed by atoms with E-state index >= 15 is 0 Å². The molecule has 8 nitrogen and oxygen atoms in total. The molecule has 0 saturated heterocycles. The summed E-state index contributed by atoms with van der Waals surface area (Å²) in [6, 6.07) is 0. The summed E-state index contributed by atoms with van der Waals surface area (Å²) >= 11 is 0. The first-order valence-electron chi connectivity index (χ1n) is 7.70. The Bertz CT molecular complexity index is 693. The molecule has 0 fully saturated rings. The number of amides is 1. The lowest BCUT2D eigenvalue weighted by Gasteiger charge is -2.18. The van der Waals surface area contributed by atoms with Crippen LogP contribution in [0.3, 0.4) is 0 Å². The van der Waals surface area contributed by atoms with Crippen molar-refractivity contribution < 1.29 is 4.79 Å². The standard InChI is InChI=1S/C14H19N7O/c1-19-11-4-2-6-20(9-10(11)8-16-19)13(22)12-17-14-15-5-3-7-21(14)18-12/h8H,2-7,9H2,1H3,(H,15,17,18). The topological polar surface area (TPSA) is 80.9 Å². The molecular formula is C14H19N7O. The van der Waals surface area contributed by atoms with Crippen LogP contribution in [0, 0.1) is 0 Å². The van der Waals surface area contributed by atoms with E-state index in [1.807, 2.05) is 22.8 Å². The van der Waals surface area contributed by atoms with Gasteiger partial charge in [0.2, 0.25) is 11.8 Å². The fraction of sp³-hybridized carbons (Fsp3) is 0.571. The van der Waals surface area contributed by atoms with E-state index in [2.05, 4.69) is 20.5 Å². The van der Waals surface area contributed by atoms with Gasteiger partial charge >= 0.3 is 0 Å². The molecule has 1 amide bonds. The third-order valence-electron chi connectivity index (χ3n) is 4.33. The molecule has 0 aliphatic carbocycles. The number of aryl methyl sites for hydroxylation is 2. The summed E-state index contributed by atoms with van der Waals surface area (Å²) in [5.74, 6) is 0.892. The Kier molecular flexibility index (Phi) is 3.09. The minimum absolute atomic E-state index is 0.0968. The Balaban J connectivity index is 1.58. The van der Waals surface area contributed by atoms with Crippen molar-refractivity contribution in [3.8, 4) is 0 Å². The Morgan fingerprint density at radius 1 is 1.32 bits per heavy atom. The summed E-state index contributed by atoms with van der Waals surface area (Å²) in [5.41, 5.74) is 2.34. The van der Waals surface area contributed by atoms with E-state index in [0.29, 0.717) is 12.5 Å². The molecule has 0 bridgehead atoms. The second kappa shape index (κ2) is 5.11. The van der Waals surface area contributed by atoms with Crippen LogP contribution < -0.4 is 5.32 Å². The summed E-state index contributed by atoms with van der Waals surface area (Å²) in [6.07, 6.45) is 4.75. The predicted octanol–water partition coefficient (Wildman–Crippen LogP) is 0.416. The van der Waals surface area contributed by atoms with Gasteiger partial charge in [0.05, 0.1) is 6.20 Å². The lowest BCUT2D eigenvalue weighted by molar-refractivity contribution is 0.0733. The van der Waals surface area contributed by atoms with Crippen LogP contribution in [0.5, 0.6) is 0 Å². The molecule has 2 aliphatic rings. The molecule has 0 aromatic carbocycles. The SMILES string of the molecule is Cn1ncc2c1CCCN(C(=O)c1nc3n(n1)CCCN3)C2. The minimum Gasteiger partial charge on any atom is -0.354 e. The lowest BCUT2D eigenvalue weighted by atomic mass is 10.2. The zero-order chi connectivity index (χ0) is 15.1. The maximum atomic E-state index is 12.7. The maximum Gasteiger partial charge on any atom is 0.293 e. The number of rotatable bonds is 1. The number of hydrogen-bond donors (Lipinski definition) is 1. The van der Waals surface area contributed by atoms with E-state index in [1.165, 1.54) is 5.69 Å². The van der Waals surface area contributed by atoms with Gasteiger partial charge in [0, 0.05) is 44.5 Å². The van der Waals surface area contributed by atoms with Crippen molar-refractivity contribution in [1.82, 2.24) is 29.4 Å². The molecule has 0 atom stereocenters. The highest BCUT2D eigenvalue weighted by atomic mass is 16.2. The zero-order valence-electron chi connectivity index (χ0n) is 12.6. The van der Waals surface area contributed by atoms with E-state index in [0.717, 1.165) is 44.5 Å². The van der Waals surface area contributed by atoms with Gasteiger partial charge in [-0.2, -0.15) is 10.1 Å². The van der Waals surface area contributed by atoms with Crippen LogP contribution in [0.4, 0.5) is 5.95 Å². The monoisotopic (exact) mass is 301 g/mol. The number of carbonyl (C=O) groups excluding carboxylic acids is 1. The van der Waals surface area contributed by atoms with Gasteiger partial charge in [-0.15, -0.1) is 5.10 Å². The Morgan fingerprint density at radius 2 is 2.23 bits per heavy atom. The maximum absolute atomic E-state index is 12.7. The average Bonchev–Trinajstić information content (AvgIpc) is 3.03. The van der Waals surface area contributed by atoms with Gasteiger partial charge in [0.1, 0.15) is 0 Å². The first-order valence-corrected chi connectivity index (χ1v) is 7.70. The molecule has 2 aromatic rings. The van der Waals surface area contributed by atoms with Crippen LogP contribution in [0.15, 0.2) is 6.20 Å². The van der Waals surface area contributed by atoms with Crippen molar-refractivity contribution in [3.63, 3.8) is 0 Å². The molecule has 0 spiro atoms. The van der Waals surface area contributed by atoms with Crippen molar-refractivity contribution in [1.29, 1.82) is 0 Å². The van der Waals surface area contributed by atoms with E-state index in [4.69, 9.17) is 0 Å². The normalized spacial score (nSPS) is 17.4. The van der Waals surface area contributed by atoms with E-state index in [9.17, 15) is 4.79 Å². The van der Waals surface area contributed by atoms with Crippen molar-refractivity contribution in [2.75, 3.05) is 18.4 Å². The third kappa shape index (κ3) is 2.15. The summed E-state index contributed by atoms with van der Waals surface area (Å²) in [4.78, 5) is 18.9. The van der Waals surface area contributed by atoms with Crippen molar-refractivity contribution in [2.45, 2.75) is 32.4 Å². The Morgan fingerprint density at radius 3 is 3.09 bits per heavy atom. The minimum atomic E-state index is -0.0968. The summed E-state index contributed by atoms with van der Waals surface area (Å²) in [7, 11) is 1.95. The summed E-state index contributed by atoms with van der Waals surface area (Å²) < 4.78 is 3.69.